The fourth-order valence-corrected chi connectivity index (χ4v) is 6.11. The van der Waals surface area contributed by atoms with E-state index in [2.05, 4.69) is 11.9 Å². The number of aromatic nitrogens is 1. The first kappa shape index (κ1) is 21.7. The number of anilines is 1. The number of thiazole rings is 1. The summed E-state index contributed by atoms with van der Waals surface area (Å²) in [7, 11) is 0.296. The lowest BCUT2D eigenvalue weighted by Gasteiger charge is -2.30. The molecule has 0 spiro atoms. The highest BCUT2D eigenvalue weighted by Crippen LogP contribution is 2.31. The summed E-state index contributed by atoms with van der Waals surface area (Å²) in [6.45, 7) is 3.12. The third-order valence-electron chi connectivity index (χ3n) is 5.29. The first-order valence-corrected chi connectivity index (χ1v) is 12.4. The maximum Gasteiger partial charge on any atom is 0.343 e. The van der Waals surface area contributed by atoms with E-state index in [0.717, 1.165) is 28.2 Å². The zero-order chi connectivity index (χ0) is 22.2. The molecule has 164 valence electrons. The second-order valence-electron chi connectivity index (χ2n) is 8.04. The van der Waals surface area contributed by atoms with E-state index in [1.807, 2.05) is 25.1 Å². The minimum absolute atomic E-state index is 0.195. The van der Waals surface area contributed by atoms with Crippen LogP contribution in [0.5, 0.6) is 5.75 Å². The van der Waals surface area contributed by atoms with Crippen LogP contribution in [0.15, 0.2) is 47.4 Å². The molecule has 0 radical (unpaired) electrons. The smallest absolute Gasteiger partial charge is 0.343 e. The Labute approximate surface area is 186 Å². The molecule has 2 heterocycles. The Kier molecular flexibility index (Phi) is 6.00. The molecule has 1 aromatic heterocycles. The van der Waals surface area contributed by atoms with Crippen LogP contribution in [-0.2, 0) is 10.0 Å². The predicted octanol–water partition coefficient (Wildman–Crippen LogP) is 4.00. The molecule has 3 aromatic rings. The minimum atomic E-state index is -3.55. The van der Waals surface area contributed by atoms with Crippen LogP contribution < -0.4 is 9.64 Å². The van der Waals surface area contributed by atoms with E-state index < -0.39 is 16.0 Å². The molecule has 1 atom stereocenters. The highest BCUT2D eigenvalue weighted by Gasteiger charge is 2.28. The fourth-order valence-electron chi connectivity index (χ4n) is 3.59. The number of ether oxygens (including phenoxy) is 1. The molecule has 1 aliphatic heterocycles. The highest BCUT2D eigenvalue weighted by molar-refractivity contribution is 7.89. The Morgan fingerprint density at radius 3 is 2.61 bits per heavy atom. The van der Waals surface area contributed by atoms with Crippen LogP contribution in [0.1, 0.15) is 30.1 Å². The van der Waals surface area contributed by atoms with E-state index in [-0.39, 0.29) is 4.90 Å². The summed E-state index contributed by atoms with van der Waals surface area (Å²) in [5.74, 6) is 0.236. The maximum atomic E-state index is 12.9. The van der Waals surface area contributed by atoms with Crippen molar-refractivity contribution in [2.45, 2.75) is 24.7 Å². The molecule has 1 unspecified atom stereocenters. The molecule has 1 aliphatic rings. The Balaban J connectivity index is 1.49. The van der Waals surface area contributed by atoms with Gasteiger partial charge in [0.1, 0.15) is 5.75 Å². The molecule has 31 heavy (non-hydrogen) atoms. The normalized spacial score (nSPS) is 17.6. The van der Waals surface area contributed by atoms with Crippen molar-refractivity contribution in [1.29, 1.82) is 0 Å². The molecule has 2 aromatic carbocycles. The van der Waals surface area contributed by atoms with Crippen molar-refractivity contribution >= 4 is 42.7 Å². The van der Waals surface area contributed by atoms with Gasteiger partial charge in [-0.25, -0.2) is 18.2 Å². The molecule has 1 fully saturated rings. The van der Waals surface area contributed by atoms with E-state index in [1.165, 1.54) is 39.9 Å². The number of hydrogen-bond acceptors (Lipinski definition) is 7. The molecule has 0 saturated carbocycles. The quantitative estimate of drug-likeness (QED) is 0.424. The molecular formula is C22H25N3O4S2. The van der Waals surface area contributed by atoms with Gasteiger partial charge in [-0.1, -0.05) is 18.3 Å². The summed E-state index contributed by atoms with van der Waals surface area (Å²) < 4.78 is 33.7. The van der Waals surface area contributed by atoms with Crippen molar-refractivity contribution in [3.8, 4) is 5.75 Å². The van der Waals surface area contributed by atoms with Crippen LogP contribution in [0.2, 0.25) is 0 Å². The summed E-state index contributed by atoms with van der Waals surface area (Å²) in [5.41, 5.74) is 1.14. The predicted molar refractivity (Wildman–Crippen MR) is 123 cm³/mol. The van der Waals surface area contributed by atoms with Gasteiger partial charge in [-0.3, -0.25) is 0 Å². The number of esters is 1. The Bertz CT molecular complexity index is 1200. The van der Waals surface area contributed by atoms with Gasteiger partial charge in [-0.05, 0) is 55.2 Å². The third-order valence-corrected chi connectivity index (χ3v) is 8.35. The van der Waals surface area contributed by atoms with Crippen LogP contribution in [0.4, 0.5) is 5.13 Å². The molecule has 7 nitrogen and oxygen atoms in total. The molecular weight excluding hydrogens is 434 g/mol. The van der Waals surface area contributed by atoms with Gasteiger partial charge in [0.15, 0.2) is 5.13 Å². The number of carbonyl (C=O) groups excluding carboxylic acids is 1. The summed E-state index contributed by atoms with van der Waals surface area (Å²) in [6.07, 6.45) is 1.91. The van der Waals surface area contributed by atoms with Crippen molar-refractivity contribution < 1.29 is 17.9 Å². The van der Waals surface area contributed by atoms with Crippen LogP contribution in [0.25, 0.3) is 10.2 Å². The molecule has 4 rings (SSSR count). The van der Waals surface area contributed by atoms with Gasteiger partial charge in [0.2, 0.25) is 10.0 Å². The lowest BCUT2D eigenvalue weighted by Crippen LogP contribution is -2.39. The zero-order valence-corrected chi connectivity index (χ0v) is 19.4. The lowest BCUT2D eigenvalue weighted by molar-refractivity contribution is 0.0735. The summed E-state index contributed by atoms with van der Waals surface area (Å²) in [5, 5.41) is 0.873. The van der Waals surface area contributed by atoms with Gasteiger partial charge in [-0.15, -0.1) is 0 Å². The van der Waals surface area contributed by atoms with E-state index >= 15 is 0 Å². The van der Waals surface area contributed by atoms with Crippen LogP contribution >= 0.6 is 11.3 Å². The third kappa shape index (κ3) is 4.58. The van der Waals surface area contributed by atoms with E-state index in [4.69, 9.17) is 4.74 Å². The molecule has 1 saturated heterocycles. The monoisotopic (exact) mass is 459 g/mol. The van der Waals surface area contributed by atoms with E-state index in [1.54, 1.807) is 12.1 Å². The average molecular weight is 460 g/mol. The molecule has 0 N–H and O–H groups in total. The lowest BCUT2D eigenvalue weighted by atomic mass is 10.0. The maximum absolute atomic E-state index is 12.9. The number of sulfonamides is 1. The first-order chi connectivity index (χ1) is 14.7. The summed E-state index contributed by atoms with van der Waals surface area (Å²) in [4.78, 5) is 19.2. The topological polar surface area (TPSA) is 79.8 Å². The standard InChI is InChI=1S/C22H25N3O4S2/c1-15-5-4-12-25(14-15)31(27,28)18-9-6-16(7-10-18)21(26)29-17-8-11-19-20(13-17)30-22(23-19)24(2)3/h6-11,13,15H,4-5,12,14H2,1-3H3. The van der Waals surface area contributed by atoms with Crippen molar-refractivity contribution in [1.82, 2.24) is 9.29 Å². The second-order valence-corrected chi connectivity index (χ2v) is 11.0. The SMILES string of the molecule is CC1CCCN(S(=O)(=O)c2ccc(C(=O)Oc3ccc4nc(N(C)C)sc4c3)cc2)C1. The number of piperidine rings is 1. The molecule has 0 amide bonds. The number of hydrogen-bond donors (Lipinski definition) is 0. The van der Waals surface area contributed by atoms with Gasteiger partial charge < -0.3 is 9.64 Å². The number of nitrogens with zero attached hydrogens (tertiary/aromatic N) is 3. The van der Waals surface area contributed by atoms with Gasteiger partial charge in [-0.2, -0.15) is 4.31 Å². The van der Waals surface area contributed by atoms with E-state index in [0.29, 0.717) is 30.3 Å². The minimum Gasteiger partial charge on any atom is -0.423 e. The molecule has 0 bridgehead atoms. The van der Waals surface area contributed by atoms with Crippen LogP contribution in [-0.4, -0.2) is 50.9 Å². The van der Waals surface area contributed by atoms with Crippen molar-refractivity contribution in [2.24, 2.45) is 5.92 Å². The van der Waals surface area contributed by atoms with Gasteiger partial charge in [0, 0.05) is 33.3 Å². The fraction of sp³-hybridized carbons (Fsp3) is 0.364. The number of rotatable bonds is 5. The van der Waals surface area contributed by atoms with Crippen LogP contribution in [0, 0.1) is 5.92 Å². The number of carbonyl (C=O) groups is 1. The van der Waals surface area contributed by atoms with Crippen molar-refractivity contribution in [3.05, 3.63) is 48.0 Å². The summed E-state index contributed by atoms with van der Waals surface area (Å²) in [6, 6.07) is 11.2. The van der Waals surface area contributed by atoms with Gasteiger partial charge >= 0.3 is 5.97 Å². The van der Waals surface area contributed by atoms with Gasteiger partial charge in [0.25, 0.3) is 0 Å². The largest absolute Gasteiger partial charge is 0.423 e. The second kappa shape index (κ2) is 8.57. The Hall–Kier alpha value is -2.49. The Morgan fingerprint density at radius 1 is 1.19 bits per heavy atom. The van der Waals surface area contributed by atoms with Crippen molar-refractivity contribution in [2.75, 3.05) is 32.1 Å². The van der Waals surface area contributed by atoms with Crippen LogP contribution in [0.3, 0.4) is 0 Å². The molecule has 0 aliphatic carbocycles. The zero-order valence-electron chi connectivity index (χ0n) is 17.7. The molecule has 9 heteroatoms. The average Bonchev–Trinajstić information content (AvgIpc) is 3.18. The highest BCUT2D eigenvalue weighted by atomic mass is 32.2. The van der Waals surface area contributed by atoms with Gasteiger partial charge in [0.05, 0.1) is 20.7 Å². The van der Waals surface area contributed by atoms with Crippen molar-refractivity contribution in [3.63, 3.8) is 0 Å². The summed E-state index contributed by atoms with van der Waals surface area (Å²) >= 11 is 1.51. The number of benzene rings is 2. The first-order valence-electron chi connectivity index (χ1n) is 10.1. The van der Waals surface area contributed by atoms with E-state index in [9.17, 15) is 13.2 Å². The Morgan fingerprint density at radius 2 is 1.94 bits per heavy atom. The number of fused-ring (bicyclic) bond motifs is 1.